The highest BCUT2D eigenvalue weighted by Crippen LogP contribution is 2.34. The van der Waals surface area contributed by atoms with Gasteiger partial charge in [0.25, 0.3) is 0 Å². The summed E-state index contributed by atoms with van der Waals surface area (Å²) in [5, 5.41) is 18.2. The Morgan fingerprint density at radius 1 is 0.909 bits per heavy atom. The predicted octanol–water partition coefficient (Wildman–Crippen LogP) is 3.19. The Bertz CT molecular complexity index is 350. The van der Waals surface area contributed by atoms with Gasteiger partial charge in [-0.15, -0.1) is 0 Å². The number of hydrogen-bond donors (Lipinski definition) is 2. The molecule has 0 radical (unpaired) electrons. The van der Waals surface area contributed by atoms with Gasteiger partial charge in [-0.2, -0.15) is 0 Å². The van der Waals surface area contributed by atoms with Crippen LogP contribution >= 0.6 is 0 Å². The Labute approximate surface area is 131 Å². The van der Waals surface area contributed by atoms with Crippen molar-refractivity contribution in [3.8, 4) is 0 Å². The minimum absolute atomic E-state index is 0.110. The van der Waals surface area contributed by atoms with Crippen LogP contribution in [0.2, 0.25) is 0 Å². The summed E-state index contributed by atoms with van der Waals surface area (Å²) in [6.45, 7) is 7.43. The normalized spacial score (nSPS) is 10.7. The van der Waals surface area contributed by atoms with Gasteiger partial charge in [-0.05, 0) is 25.7 Å². The van der Waals surface area contributed by atoms with Crippen molar-refractivity contribution in [2.75, 3.05) is 13.2 Å². The molecule has 0 saturated heterocycles. The first-order valence-corrected chi connectivity index (χ1v) is 7.38. The van der Waals surface area contributed by atoms with Crippen LogP contribution in [0.1, 0.15) is 44.9 Å². The van der Waals surface area contributed by atoms with Crippen LogP contribution in [0.3, 0.4) is 0 Å². The molecule has 22 heavy (non-hydrogen) atoms. The Morgan fingerprint density at radius 2 is 1.45 bits per heavy atom. The second-order valence-corrected chi connectivity index (χ2v) is 5.11. The van der Waals surface area contributed by atoms with Gasteiger partial charge >= 0.3 is 11.9 Å². The van der Waals surface area contributed by atoms with E-state index in [9.17, 15) is 14.7 Å². The van der Waals surface area contributed by atoms with E-state index in [-0.39, 0.29) is 19.6 Å². The maximum absolute atomic E-state index is 11.7. The lowest BCUT2D eigenvalue weighted by atomic mass is 9.77. The third-order valence-electron chi connectivity index (χ3n) is 3.63. The van der Waals surface area contributed by atoms with Gasteiger partial charge in [-0.3, -0.25) is 9.59 Å². The molecule has 0 aliphatic rings. The third-order valence-corrected chi connectivity index (χ3v) is 3.63. The molecule has 0 spiro atoms. The van der Waals surface area contributed by atoms with E-state index in [0.717, 1.165) is 0 Å². The van der Waals surface area contributed by atoms with Crippen LogP contribution in [0.5, 0.6) is 0 Å². The summed E-state index contributed by atoms with van der Waals surface area (Å²) in [7, 11) is 0. The summed E-state index contributed by atoms with van der Waals surface area (Å²) in [6, 6.07) is 0. The van der Waals surface area contributed by atoms with E-state index in [0.29, 0.717) is 38.5 Å². The van der Waals surface area contributed by atoms with Gasteiger partial charge in [-0.25, -0.2) is 0 Å². The molecule has 0 aromatic heterocycles. The van der Waals surface area contributed by atoms with E-state index in [4.69, 9.17) is 14.6 Å². The summed E-state index contributed by atoms with van der Waals surface area (Å²) < 4.78 is 10.1. The van der Waals surface area contributed by atoms with Crippen LogP contribution in [0.25, 0.3) is 0 Å². The van der Waals surface area contributed by atoms with Crippen molar-refractivity contribution < 1.29 is 29.3 Å². The first-order valence-electron chi connectivity index (χ1n) is 7.38. The lowest BCUT2D eigenvalue weighted by molar-refractivity contribution is -0.152. The first-order chi connectivity index (χ1) is 10.5. The summed E-state index contributed by atoms with van der Waals surface area (Å²) in [4.78, 5) is 22.2. The van der Waals surface area contributed by atoms with Gasteiger partial charge in [0, 0.05) is 6.42 Å². The van der Waals surface area contributed by atoms with E-state index in [2.05, 4.69) is 13.2 Å². The van der Waals surface area contributed by atoms with E-state index >= 15 is 0 Å². The molecule has 0 aromatic carbocycles. The summed E-state index contributed by atoms with van der Waals surface area (Å²) in [5.74, 6) is -1.71. The molecule has 2 N–H and O–H groups in total. The van der Waals surface area contributed by atoms with Crippen molar-refractivity contribution in [1.82, 2.24) is 0 Å². The van der Waals surface area contributed by atoms with E-state index in [1.807, 2.05) is 0 Å². The molecule has 6 heteroatoms. The standard InChI is InChI=1S/C16H26O6/c1-3-21-12-10-16(15(19)20,11-13-22-4-2)9-7-5-6-8-14(17)18/h3-4H,1-2,5-13H2,(H,17,18)(H,19,20). The number of unbranched alkanes of at least 4 members (excludes halogenated alkanes) is 2. The number of hydrogen-bond acceptors (Lipinski definition) is 4. The highest BCUT2D eigenvalue weighted by Gasteiger charge is 2.37. The Hall–Kier alpha value is -1.98. The Kier molecular flexibility index (Phi) is 10.6. The molecule has 0 bridgehead atoms. The molecule has 0 fully saturated rings. The van der Waals surface area contributed by atoms with Gasteiger partial charge < -0.3 is 19.7 Å². The molecule has 6 nitrogen and oxygen atoms in total. The van der Waals surface area contributed by atoms with Crippen LogP contribution in [-0.4, -0.2) is 35.4 Å². The number of ether oxygens (including phenoxy) is 2. The summed E-state index contributed by atoms with van der Waals surface area (Å²) in [5.41, 5.74) is -0.935. The fourth-order valence-corrected chi connectivity index (χ4v) is 2.29. The van der Waals surface area contributed by atoms with Crippen LogP contribution < -0.4 is 0 Å². The van der Waals surface area contributed by atoms with Crippen molar-refractivity contribution in [1.29, 1.82) is 0 Å². The molecule has 0 saturated carbocycles. The number of carboxylic acids is 2. The smallest absolute Gasteiger partial charge is 0.309 e. The quantitative estimate of drug-likeness (QED) is 0.356. The SMILES string of the molecule is C=COCCC(CCCCCC(=O)O)(CCOC=C)C(=O)O. The maximum atomic E-state index is 11.7. The molecule has 126 valence electrons. The van der Waals surface area contributed by atoms with E-state index in [1.54, 1.807) is 0 Å². The van der Waals surface area contributed by atoms with Crippen molar-refractivity contribution in [2.45, 2.75) is 44.9 Å². The fraction of sp³-hybridized carbons (Fsp3) is 0.625. The summed E-state index contributed by atoms with van der Waals surface area (Å²) >= 11 is 0. The van der Waals surface area contributed by atoms with Gasteiger partial charge in [0.2, 0.25) is 0 Å². The molecule has 0 heterocycles. The molecule has 0 aromatic rings. The Morgan fingerprint density at radius 3 is 1.86 bits per heavy atom. The lowest BCUT2D eigenvalue weighted by Crippen LogP contribution is -2.33. The summed E-state index contributed by atoms with van der Waals surface area (Å²) in [6.07, 6.45) is 5.76. The van der Waals surface area contributed by atoms with Crippen molar-refractivity contribution in [3.63, 3.8) is 0 Å². The monoisotopic (exact) mass is 314 g/mol. The average Bonchev–Trinajstić information content (AvgIpc) is 2.46. The zero-order valence-electron chi connectivity index (χ0n) is 13.0. The zero-order chi connectivity index (χ0) is 16.8. The molecule has 0 aliphatic carbocycles. The highest BCUT2D eigenvalue weighted by molar-refractivity contribution is 5.74. The van der Waals surface area contributed by atoms with Crippen LogP contribution in [0, 0.1) is 5.41 Å². The van der Waals surface area contributed by atoms with Crippen molar-refractivity contribution in [2.24, 2.45) is 5.41 Å². The molecule has 0 amide bonds. The topological polar surface area (TPSA) is 93.1 Å². The van der Waals surface area contributed by atoms with E-state index in [1.165, 1.54) is 12.5 Å². The van der Waals surface area contributed by atoms with Gasteiger partial charge in [0.15, 0.2) is 0 Å². The zero-order valence-corrected chi connectivity index (χ0v) is 13.0. The van der Waals surface area contributed by atoms with Crippen LogP contribution in [0.15, 0.2) is 25.7 Å². The maximum Gasteiger partial charge on any atom is 0.309 e. The molecule has 0 unspecified atom stereocenters. The van der Waals surface area contributed by atoms with Crippen molar-refractivity contribution in [3.05, 3.63) is 25.7 Å². The number of carboxylic acid groups (broad SMARTS) is 2. The van der Waals surface area contributed by atoms with Crippen molar-refractivity contribution >= 4 is 11.9 Å². The molecular formula is C16H26O6. The number of carbonyl (C=O) groups is 2. The van der Waals surface area contributed by atoms with E-state index < -0.39 is 17.4 Å². The highest BCUT2D eigenvalue weighted by atomic mass is 16.5. The molecular weight excluding hydrogens is 288 g/mol. The minimum Gasteiger partial charge on any atom is -0.502 e. The molecule has 0 aliphatic heterocycles. The fourth-order valence-electron chi connectivity index (χ4n) is 2.29. The van der Waals surface area contributed by atoms with Gasteiger partial charge in [0.05, 0.1) is 31.2 Å². The number of aliphatic carboxylic acids is 2. The largest absolute Gasteiger partial charge is 0.502 e. The second-order valence-electron chi connectivity index (χ2n) is 5.11. The first kappa shape index (κ1) is 20.0. The van der Waals surface area contributed by atoms with Gasteiger partial charge in [0.1, 0.15) is 0 Å². The van der Waals surface area contributed by atoms with Gasteiger partial charge in [-0.1, -0.05) is 26.0 Å². The molecule has 0 rings (SSSR count). The van der Waals surface area contributed by atoms with Crippen LogP contribution in [-0.2, 0) is 19.1 Å². The Balaban J connectivity index is 4.55. The average molecular weight is 314 g/mol. The van der Waals surface area contributed by atoms with Crippen LogP contribution in [0.4, 0.5) is 0 Å². The third kappa shape index (κ3) is 8.34. The predicted molar refractivity (Wildman–Crippen MR) is 82.3 cm³/mol. The lowest BCUT2D eigenvalue weighted by Gasteiger charge is -2.29. The second kappa shape index (κ2) is 11.7. The number of rotatable bonds is 15. The minimum atomic E-state index is -0.935. The molecule has 0 atom stereocenters.